The molecule has 1 amide bonds. The van der Waals surface area contributed by atoms with Crippen LogP contribution in [0.15, 0.2) is 30.3 Å². The number of carbonyl (C=O) groups is 3. The van der Waals surface area contributed by atoms with Crippen LogP contribution in [0.3, 0.4) is 0 Å². The van der Waals surface area contributed by atoms with Gasteiger partial charge in [-0.05, 0) is 37.7 Å². The van der Waals surface area contributed by atoms with Crippen LogP contribution in [0.2, 0.25) is 0 Å². The van der Waals surface area contributed by atoms with Gasteiger partial charge in [-0.25, -0.2) is 4.79 Å². The number of ketones is 1. The van der Waals surface area contributed by atoms with Crippen molar-refractivity contribution in [3.05, 3.63) is 35.9 Å². The lowest BCUT2D eigenvalue weighted by atomic mass is 9.95. The standard InChI is InChI=1S/C18H23NO4/c1-23-18(22)17(21)19-13-6-5-11-15(19)16(20)12-7-10-14-8-3-2-4-9-14/h2-4,8-9,15H,5-7,10-13H2,1H3/t15-/m0/s1. The van der Waals surface area contributed by atoms with E-state index in [-0.39, 0.29) is 5.78 Å². The van der Waals surface area contributed by atoms with Gasteiger partial charge in [-0.1, -0.05) is 30.3 Å². The Morgan fingerprint density at radius 1 is 1.17 bits per heavy atom. The Labute approximate surface area is 136 Å². The van der Waals surface area contributed by atoms with Crippen molar-refractivity contribution in [1.29, 1.82) is 0 Å². The van der Waals surface area contributed by atoms with Gasteiger partial charge in [0.2, 0.25) is 0 Å². The van der Waals surface area contributed by atoms with Gasteiger partial charge in [-0.2, -0.15) is 0 Å². The van der Waals surface area contributed by atoms with Crippen molar-refractivity contribution in [2.24, 2.45) is 0 Å². The normalized spacial score (nSPS) is 17.6. The Kier molecular flexibility index (Phi) is 6.32. The zero-order valence-corrected chi connectivity index (χ0v) is 13.5. The first-order chi connectivity index (χ1) is 11.1. The van der Waals surface area contributed by atoms with E-state index in [1.54, 1.807) is 0 Å². The number of amides is 1. The minimum atomic E-state index is -0.894. The number of methoxy groups -OCH3 is 1. The molecule has 5 heteroatoms. The van der Waals surface area contributed by atoms with Crippen LogP contribution in [0, 0.1) is 0 Å². The minimum Gasteiger partial charge on any atom is -0.462 e. The Hall–Kier alpha value is -2.17. The average Bonchev–Trinajstić information content (AvgIpc) is 2.61. The van der Waals surface area contributed by atoms with Gasteiger partial charge >= 0.3 is 11.9 Å². The molecule has 1 heterocycles. The van der Waals surface area contributed by atoms with Gasteiger partial charge in [-0.15, -0.1) is 0 Å². The molecule has 0 aliphatic carbocycles. The molecule has 1 fully saturated rings. The molecule has 0 spiro atoms. The number of esters is 1. The maximum atomic E-state index is 12.5. The number of ether oxygens (including phenoxy) is 1. The van der Waals surface area contributed by atoms with Crippen LogP contribution in [-0.4, -0.2) is 42.3 Å². The largest absolute Gasteiger partial charge is 0.462 e. The quantitative estimate of drug-likeness (QED) is 0.616. The molecule has 0 aromatic heterocycles. The van der Waals surface area contributed by atoms with Crippen LogP contribution in [0.25, 0.3) is 0 Å². The third-order valence-corrected chi connectivity index (χ3v) is 4.23. The molecule has 1 aliphatic rings. The number of nitrogens with zero attached hydrogens (tertiary/aromatic N) is 1. The summed E-state index contributed by atoms with van der Waals surface area (Å²) in [6.45, 7) is 0.447. The van der Waals surface area contributed by atoms with Crippen molar-refractivity contribution in [1.82, 2.24) is 4.90 Å². The van der Waals surface area contributed by atoms with Crippen LogP contribution in [0.4, 0.5) is 0 Å². The highest BCUT2D eigenvalue weighted by Gasteiger charge is 2.34. The van der Waals surface area contributed by atoms with Gasteiger partial charge in [0.15, 0.2) is 5.78 Å². The summed E-state index contributed by atoms with van der Waals surface area (Å²) in [6, 6.07) is 9.53. The van der Waals surface area contributed by atoms with Crippen LogP contribution in [0.5, 0.6) is 0 Å². The number of Topliss-reactive ketones (excluding diaryl/α,β-unsaturated/α-hetero) is 1. The lowest BCUT2D eigenvalue weighted by molar-refractivity contribution is -0.161. The molecular weight excluding hydrogens is 294 g/mol. The second-order valence-electron chi connectivity index (χ2n) is 5.81. The Bertz CT molecular complexity index is 555. The van der Waals surface area contributed by atoms with E-state index in [9.17, 15) is 14.4 Å². The van der Waals surface area contributed by atoms with Crippen LogP contribution >= 0.6 is 0 Å². The van der Waals surface area contributed by atoms with E-state index in [1.807, 2.05) is 30.3 Å². The number of hydrogen-bond donors (Lipinski definition) is 0. The van der Waals surface area contributed by atoms with E-state index < -0.39 is 17.9 Å². The van der Waals surface area contributed by atoms with Gasteiger partial charge < -0.3 is 9.64 Å². The molecular formula is C18H23NO4. The third kappa shape index (κ3) is 4.65. The summed E-state index contributed by atoms with van der Waals surface area (Å²) in [5.41, 5.74) is 1.20. The van der Waals surface area contributed by atoms with Crippen LogP contribution in [0.1, 0.15) is 37.7 Å². The fourth-order valence-corrected chi connectivity index (χ4v) is 2.99. The fourth-order valence-electron chi connectivity index (χ4n) is 2.99. The number of hydrogen-bond acceptors (Lipinski definition) is 4. The average molecular weight is 317 g/mol. The third-order valence-electron chi connectivity index (χ3n) is 4.23. The minimum absolute atomic E-state index is 0.0397. The summed E-state index contributed by atoms with van der Waals surface area (Å²) in [5, 5.41) is 0. The molecule has 0 bridgehead atoms. The summed E-state index contributed by atoms with van der Waals surface area (Å²) < 4.78 is 4.49. The van der Waals surface area contributed by atoms with E-state index in [1.165, 1.54) is 17.6 Å². The van der Waals surface area contributed by atoms with Crippen molar-refractivity contribution in [2.75, 3.05) is 13.7 Å². The Morgan fingerprint density at radius 2 is 1.91 bits per heavy atom. The molecule has 2 rings (SSSR count). The summed E-state index contributed by atoms with van der Waals surface area (Å²) in [4.78, 5) is 37.3. The van der Waals surface area contributed by atoms with E-state index in [0.29, 0.717) is 19.4 Å². The van der Waals surface area contributed by atoms with Gasteiger partial charge in [0.25, 0.3) is 0 Å². The number of piperidine rings is 1. The molecule has 0 saturated carbocycles. The molecule has 0 N–H and O–H groups in total. The van der Waals surface area contributed by atoms with Crippen molar-refractivity contribution in [2.45, 2.75) is 44.6 Å². The first-order valence-corrected chi connectivity index (χ1v) is 8.09. The van der Waals surface area contributed by atoms with E-state index in [2.05, 4.69) is 4.74 Å². The number of rotatable bonds is 5. The molecule has 23 heavy (non-hydrogen) atoms. The van der Waals surface area contributed by atoms with Crippen molar-refractivity contribution in [3.63, 3.8) is 0 Å². The maximum absolute atomic E-state index is 12.5. The molecule has 1 aromatic carbocycles. The first kappa shape index (κ1) is 17.2. The zero-order valence-electron chi connectivity index (χ0n) is 13.5. The highest BCUT2D eigenvalue weighted by molar-refractivity contribution is 6.32. The monoisotopic (exact) mass is 317 g/mol. The highest BCUT2D eigenvalue weighted by atomic mass is 16.5. The summed E-state index contributed by atoms with van der Waals surface area (Å²) in [7, 11) is 1.18. The Morgan fingerprint density at radius 3 is 2.61 bits per heavy atom. The number of likely N-dealkylation sites (tertiary alicyclic amines) is 1. The lowest BCUT2D eigenvalue weighted by Gasteiger charge is -2.33. The second-order valence-corrected chi connectivity index (χ2v) is 5.81. The maximum Gasteiger partial charge on any atom is 0.396 e. The fraction of sp³-hybridized carbons (Fsp3) is 0.500. The SMILES string of the molecule is COC(=O)C(=O)N1CCCC[C@H]1C(=O)CCCc1ccccc1. The van der Waals surface area contributed by atoms with Crippen LogP contribution < -0.4 is 0 Å². The molecule has 0 radical (unpaired) electrons. The van der Waals surface area contributed by atoms with E-state index in [0.717, 1.165) is 25.7 Å². The molecule has 5 nitrogen and oxygen atoms in total. The second kappa shape index (κ2) is 8.46. The molecule has 124 valence electrons. The Balaban J connectivity index is 1.90. The van der Waals surface area contributed by atoms with Crippen molar-refractivity contribution >= 4 is 17.7 Å². The smallest absolute Gasteiger partial charge is 0.396 e. The number of aryl methyl sites for hydroxylation is 1. The first-order valence-electron chi connectivity index (χ1n) is 8.09. The van der Waals surface area contributed by atoms with Crippen LogP contribution in [-0.2, 0) is 25.5 Å². The van der Waals surface area contributed by atoms with E-state index >= 15 is 0 Å². The highest BCUT2D eigenvalue weighted by Crippen LogP contribution is 2.20. The number of benzene rings is 1. The molecule has 1 aromatic rings. The molecule has 1 saturated heterocycles. The number of carbonyl (C=O) groups excluding carboxylic acids is 3. The predicted octanol–water partition coefficient (Wildman–Crippen LogP) is 2.13. The molecule has 1 atom stereocenters. The predicted molar refractivity (Wildman–Crippen MR) is 85.8 cm³/mol. The van der Waals surface area contributed by atoms with Crippen molar-refractivity contribution < 1.29 is 19.1 Å². The topological polar surface area (TPSA) is 63.7 Å². The van der Waals surface area contributed by atoms with Gasteiger partial charge in [-0.3, -0.25) is 9.59 Å². The zero-order chi connectivity index (χ0) is 16.7. The summed E-state index contributed by atoms with van der Waals surface area (Å²) in [6.07, 6.45) is 4.36. The van der Waals surface area contributed by atoms with Gasteiger partial charge in [0.1, 0.15) is 0 Å². The van der Waals surface area contributed by atoms with Gasteiger partial charge in [0.05, 0.1) is 13.2 Å². The molecule has 0 unspecified atom stereocenters. The van der Waals surface area contributed by atoms with Gasteiger partial charge in [0, 0.05) is 13.0 Å². The summed E-state index contributed by atoms with van der Waals surface area (Å²) in [5.74, 6) is -1.56. The van der Waals surface area contributed by atoms with Crippen molar-refractivity contribution in [3.8, 4) is 0 Å². The summed E-state index contributed by atoms with van der Waals surface area (Å²) >= 11 is 0. The lowest BCUT2D eigenvalue weighted by Crippen LogP contribution is -2.50. The van der Waals surface area contributed by atoms with E-state index in [4.69, 9.17) is 0 Å². The molecule has 1 aliphatic heterocycles.